The summed E-state index contributed by atoms with van der Waals surface area (Å²) in [5.41, 5.74) is -0.234. The molecule has 3 atom stereocenters. The van der Waals surface area contributed by atoms with Crippen molar-refractivity contribution in [3.05, 3.63) is 78.4 Å². The predicted molar refractivity (Wildman–Crippen MR) is 183 cm³/mol. The van der Waals surface area contributed by atoms with Crippen molar-refractivity contribution in [2.45, 2.75) is 20.3 Å². The summed E-state index contributed by atoms with van der Waals surface area (Å²) < 4.78 is 46.4. The number of carbonyl (C=O) groups is 2. The number of anilines is 2. The summed E-state index contributed by atoms with van der Waals surface area (Å²) in [6.45, 7) is 9.18. The number of aromatic nitrogens is 1. The molecule has 4 aromatic rings. The van der Waals surface area contributed by atoms with Gasteiger partial charge in [-0.15, -0.1) is 0 Å². The number of likely N-dealkylation sites (N-methyl/N-ethyl adjacent to an activating group) is 1. The molecule has 1 saturated heterocycles. The van der Waals surface area contributed by atoms with Gasteiger partial charge in [0.15, 0.2) is 11.6 Å². The first-order chi connectivity index (χ1) is 23.6. The molecule has 2 aliphatic rings. The molecule has 0 unspecified atom stereocenters. The number of pyridine rings is 1. The molecule has 2 amide bonds. The maximum atomic E-state index is 15.6. The van der Waals surface area contributed by atoms with Crippen molar-refractivity contribution >= 4 is 34.1 Å². The molecule has 6 rings (SSSR count). The van der Waals surface area contributed by atoms with Crippen molar-refractivity contribution in [3.63, 3.8) is 0 Å². The number of hydrogen-bond acceptors (Lipinski definition) is 8. The van der Waals surface area contributed by atoms with Gasteiger partial charge in [-0.1, -0.05) is 13.8 Å². The first-order valence-electron chi connectivity index (χ1n) is 16.5. The minimum atomic E-state index is -1.37. The smallest absolute Gasteiger partial charge is 0.240 e. The summed E-state index contributed by atoms with van der Waals surface area (Å²) in [7, 11) is 3.69. The standard InChI is InChI=1S/C37H41F2N5O5/c1-23-24(2)37(23,35(45)40-26-8-6-25(38)7-9-26)36(46)41-27-10-13-32(30(39)20-27)49-33-22-34(42-31-12-11-28(47-4)21-29(31)33)48-19-5-14-44-17-15-43(3)16-18-44/h6-13,20-24H,5,14-19H2,1-4H3,(H,40,45)(H,41,46)/t23-,24+,37+. The summed E-state index contributed by atoms with van der Waals surface area (Å²) in [5, 5.41) is 6.04. The van der Waals surface area contributed by atoms with Crippen LogP contribution >= 0.6 is 0 Å². The average molecular weight is 674 g/mol. The molecule has 10 nitrogen and oxygen atoms in total. The Morgan fingerprint density at radius 3 is 2.20 bits per heavy atom. The molecule has 12 heteroatoms. The van der Waals surface area contributed by atoms with Gasteiger partial charge in [-0.3, -0.25) is 9.59 Å². The van der Waals surface area contributed by atoms with Gasteiger partial charge in [0.1, 0.15) is 22.7 Å². The normalized spacial score (nSPS) is 20.9. The van der Waals surface area contributed by atoms with E-state index in [-0.39, 0.29) is 23.3 Å². The molecule has 0 radical (unpaired) electrons. The van der Waals surface area contributed by atoms with E-state index in [1.807, 2.05) is 13.8 Å². The number of nitrogens with zero attached hydrogens (tertiary/aromatic N) is 3. The van der Waals surface area contributed by atoms with Crippen LogP contribution in [0.1, 0.15) is 20.3 Å². The molecule has 1 aliphatic heterocycles. The number of rotatable bonds is 12. The van der Waals surface area contributed by atoms with Gasteiger partial charge < -0.3 is 34.6 Å². The molecule has 1 aromatic heterocycles. The lowest BCUT2D eigenvalue weighted by molar-refractivity contribution is -0.132. The van der Waals surface area contributed by atoms with Crippen molar-refractivity contribution in [1.82, 2.24) is 14.8 Å². The van der Waals surface area contributed by atoms with Crippen LogP contribution in [0, 0.1) is 28.9 Å². The van der Waals surface area contributed by atoms with E-state index in [0.29, 0.717) is 40.6 Å². The molecule has 0 bridgehead atoms. The minimum absolute atomic E-state index is 0.0775. The fourth-order valence-electron chi connectivity index (χ4n) is 6.46. The number of halogens is 2. The molecule has 258 valence electrons. The van der Waals surface area contributed by atoms with Gasteiger partial charge in [0.05, 0.1) is 19.2 Å². The lowest BCUT2D eigenvalue weighted by atomic mass is 9.99. The van der Waals surface area contributed by atoms with Gasteiger partial charge in [-0.05, 0) is 79.9 Å². The van der Waals surface area contributed by atoms with Crippen molar-refractivity contribution < 1.29 is 32.6 Å². The topological polar surface area (TPSA) is 105 Å². The average Bonchev–Trinajstić information content (AvgIpc) is 3.66. The van der Waals surface area contributed by atoms with Gasteiger partial charge in [0.2, 0.25) is 17.7 Å². The maximum absolute atomic E-state index is 15.6. The Labute approximate surface area is 284 Å². The summed E-state index contributed by atoms with van der Waals surface area (Å²) in [5.74, 6) is -1.56. The fraction of sp³-hybridized carbons (Fsp3) is 0.378. The minimum Gasteiger partial charge on any atom is -0.497 e. The van der Waals surface area contributed by atoms with E-state index in [9.17, 15) is 14.0 Å². The highest BCUT2D eigenvalue weighted by molar-refractivity contribution is 6.17. The van der Waals surface area contributed by atoms with Crippen LogP contribution in [-0.4, -0.2) is 80.1 Å². The van der Waals surface area contributed by atoms with Gasteiger partial charge >= 0.3 is 0 Å². The number of piperazine rings is 1. The second-order valence-corrected chi connectivity index (χ2v) is 12.8. The fourth-order valence-corrected chi connectivity index (χ4v) is 6.46. The number of ether oxygens (including phenoxy) is 3. The Hall–Kier alpha value is -4.81. The molecule has 1 saturated carbocycles. The Bertz CT molecular complexity index is 1820. The van der Waals surface area contributed by atoms with E-state index >= 15 is 4.39 Å². The predicted octanol–water partition coefficient (Wildman–Crippen LogP) is 6.18. The molecule has 0 spiro atoms. The van der Waals surface area contributed by atoms with E-state index < -0.39 is 28.9 Å². The van der Waals surface area contributed by atoms with Gasteiger partial charge in [0, 0.05) is 61.6 Å². The molecule has 2 fully saturated rings. The first kappa shape index (κ1) is 34.1. The lowest BCUT2D eigenvalue weighted by Gasteiger charge is -2.32. The maximum Gasteiger partial charge on any atom is 0.240 e. The molecular weight excluding hydrogens is 632 g/mol. The highest BCUT2D eigenvalue weighted by Crippen LogP contribution is 2.59. The second kappa shape index (κ2) is 14.4. The first-order valence-corrected chi connectivity index (χ1v) is 16.5. The zero-order valence-corrected chi connectivity index (χ0v) is 28.1. The largest absolute Gasteiger partial charge is 0.497 e. The Balaban J connectivity index is 1.15. The molecular formula is C37H41F2N5O5. The van der Waals surface area contributed by atoms with E-state index in [1.54, 1.807) is 31.4 Å². The van der Waals surface area contributed by atoms with Gasteiger partial charge in [-0.2, -0.15) is 0 Å². The number of benzene rings is 3. The number of carbonyl (C=O) groups excluding carboxylic acids is 2. The summed E-state index contributed by atoms with van der Waals surface area (Å²) in [6.07, 6.45) is 0.830. The summed E-state index contributed by atoms with van der Waals surface area (Å²) >= 11 is 0. The number of amides is 2. The lowest BCUT2D eigenvalue weighted by Crippen LogP contribution is -2.44. The monoisotopic (exact) mass is 673 g/mol. The Kier molecular flexibility index (Phi) is 9.98. The van der Waals surface area contributed by atoms with E-state index in [2.05, 4.69) is 32.5 Å². The van der Waals surface area contributed by atoms with E-state index in [0.717, 1.165) is 45.2 Å². The van der Waals surface area contributed by atoms with E-state index in [1.165, 1.54) is 36.4 Å². The molecule has 2 heterocycles. The second-order valence-electron chi connectivity index (χ2n) is 12.8. The van der Waals surface area contributed by atoms with Crippen molar-refractivity contribution in [3.8, 4) is 23.1 Å². The summed E-state index contributed by atoms with van der Waals surface area (Å²) in [4.78, 5) is 36.2. The van der Waals surface area contributed by atoms with Crippen molar-refractivity contribution in [1.29, 1.82) is 0 Å². The highest BCUT2D eigenvalue weighted by Gasteiger charge is 2.69. The van der Waals surface area contributed by atoms with Crippen LogP contribution in [0.5, 0.6) is 23.1 Å². The zero-order chi connectivity index (χ0) is 34.7. The van der Waals surface area contributed by atoms with Crippen LogP contribution in [0.25, 0.3) is 10.9 Å². The van der Waals surface area contributed by atoms with Gasteiger partial charge in [-0.25, -0.2) is 13.8 Å². The van der Waals surface area contributed by atoms with Crippen LogP contribution in [0.3, 0.4) is 0 Å². The van der Waals surface area contributed by atoms with Crippen molar-refractivity contribution in [2.75, 3.05) is 64.1 Å². The van der Waals surface area contributed by atoms with Crippen LogP contribution in [0.4, 0.5) is 20.2 Å². The number of fused-ring (bicyclic) bond motifs is 1. The molecule has 1 aliphatic carbocycles. The highest BCUT2D eigenvalue weighted by atomic mass is 19.1. The van der Waals surface area contributed by atoms with Crippen LogP contribution in [0.2, 0.25) is 0 Å². The molecule has 49 heavy (non-hydrogen) atoms. The Morgan fingerprint density at radius 1 is 0.878 bits per heavy atom. The number of nitrogens with one attached hydrogen (secondary N) is 2. The number of methoxy groups -OCH3 is 1. The zero-order valence-electron chi connectivity index (χ0n) is 28.1. The van der Waals surface area contributed by atoms with Crippen LogP contribution in [0.15, 0.2) is 66.7 Å². The van der Waals surface area contributed by atoms with Crippen LogP contribution in [-0.2, 0) is 9.59 Å². The molecule has 2 N–H and O–H groups in total. The third-order valence-corrected chi connectivity index (χ3v) is 9.76. The quantitative estimate of drug-likeness (QED) is 0.136. The van der Waals surface area contributed by atoms with E-state index in [4.69, 9.17) is 14.2 Å². The molecule has 3 aromatic carbocycles. The SMILES string of the molecule is COc1ccc2nc(OCCCN3CCN(C)CC3)cc(Oc3ccc(NC(=O)[C@@]4(C(=O)Nc5ccc(F)cc5)[C@H](C)[C@@H]4C)cc3F)c2c1. The Morgan fingerprint density at radius 2 is 1.55 bits per heavy atom. The van der Waals surface area contributed by atoms with Gasteiger partial charge in [0.25, 0.3) is 0 Å². The third kappa shape index (κ3) is 7.30. The van der Waals surface area contributed by atoms with Crippen molar-refractivity contribution in [2.24, 2.45) is 17.3 Å². The van der Waals surface area contributed by atoms with Crippen LogP contribution < -0.4 is 24.8 Å². The number of hydrogen-bond donors (Lipinski definition) is 2. The third-order valence-electron chi connectivity index (χ3n) is 9.76. The summed E-state index contributed by atoms with van der Waals surface area (Å²) in [6, 6.07) is 16.3.